The van der Waals surface area contributed by atoms with Gasteiger partial charge in [0.2, 0.25) is 5.96 Å². The van der Waals surface area contributed by atoms with E-state index >= 15 is 0 Å². The molecule has 0 fully saturated rings. The molecule has 56 valence electrons. The largest absolute Gasteiger partial charge is 0.368 e. The van der Waals surface area contributed by atoms with Gasteiger partial charge in [-0.3, -0.25) is 5.41 Å². The highest BCUT2D eigenvalue weighted by molar-refractivity contribution is 14.0. The lowest BCUT2D eigenvalue weighted by atomic mass is 11.0. The predicted molar refractivity (Wildman–Crippen MR) is 47.3 cm³/mol. The summed E-state index contributed by atoms with van der Waals surface area (Å²) in [7, 11) is 3.33. The van der Waals surface area contributed by atoms with Crippen LogP contribution in [0.2, 0.25) is 0 Å². The van der Waals surface area contributed by atoms with E-state index in [4.69, 9.17) is 11.1 Å². The number of nitrogens with two attached hydrogens (primary N) is 1. The molecule has 5 nitrogen and oxygen atoms in total. The smallest absolute Gasteiger partial charge is 0.218 e. The number of hydrogen-bond donors (Lipinski definition) is 4. The Hall–Kier alpha value is -0.0800. The lowest BCUT2D eigenvalue weighted by molar-refractivity contribution is 0.261. The van der Waals surface area contributed by atoms with Crippen LogP contribution in [0.1, 0.15) is 0 Å². The fourth-order valence-corrected chi connectivity index (χ4v) is 0.353. The third-order valence-corrected chi connectivity index (χ3v) is 0.688. The van der Waals surface area contributed by atoms with E-state index in [1.807, 2.05) is 0 Å². The highest BCUT2D eigenvalue weighted by Gasteiger charge is 1.95. The van der Waals surface area contributed by atoms with E-state index in [9.17, 15) is 0 Å². The monoisotopic (exact) mass is 245 g/mol. The molecule has 0 heterocycles. The van der Waals surface area contributed by atoms with E-state index in [1.165, 1.54) is 5.12 Å². The SMILES string of the molecule is CNN(NC)C(=N)N.I. The summed E-state index contributed by atoms with van der Waals surface area (Å²) in [5, 5.41) is 8.11. The van der Waals surface area contributed by atoms with Crippen LogP contribution < -0.4 is 16.6 Å². The summed E-state index contributed by atoms with van der Waals surface area (Å²) in [6.07, 6.45) is 0. The molecule has 0 atom stereocenters. The van der Waals surface area contributed by atoms with Crippen molar-refractivity contribution < 1.29 is 0 Å². The number of guanidine groups is 1. The number of halogens is 1. The Morgan fingerprint density at radius 3 is 1.78 bits per heavy atom. The van der Waals surface area contributed by atoms with Gasteiger partial charge in [0.1, 0.15) is 0 Å². The molecule has 6 heteroatoms. The molecule has 0 bridgehead atoms. The van der Waals surface area contributed by atoms with E-state index in [2.05, 4.69) is 10.9 Å². The van der Waals surface area contributed by atoms with Gasteiger partial charge in [0.05, 0.1) is 0 Å². The maximum absolute atomic E-state index is 6.83. The van der Waals surface area contributed by atoms with E-state index in [0.717, 1.165) is 0 Å². The van der Waals surface area contributed by atoms with Crippen molar-refractivity contribution in [1.82, 2.24) is 16.0 Å². The first-order valence-electron chi connectivity index (χ1n) is 2.21. The maximum Gasteiger partial charge on any atom is 0.218 e. The zero-order chi connectivity index (χ0) is 6.57. The van der Waals surface area contributed by atoms with Crippen LogP contribution in [0.3, 0.4) is 0 Å². The second kappa shape index (κ2) is 6.05. The van der Waals surface area contributed by atoms with Crippen molar-refractivity contribution in [2.45, 2.75) is 0 Å². The summed E-state index contributed by atoms with van der Waals surface area (Å²) < 4.78 is 0. The normalized spacial score (nSPS) is 7.78. The first kappa shape index (κ1) is 11.7. The molecule has 0 saturated heterocycles. The molecule has 0 aliphatic rings. The number of nitrogens with one attached hydrogen (secondary N) is 3. The van der Waals surface area contributed by atoms with Crippen molar-refractivity contribution in [2.75, 3.05) is 14.1 Å². The topological polar surface area (TPSA) is 77.2 Å². The van der Waals surface area contributed by atoms with E-state index in [1.54, 1.807) is 14.1 Å². The van der Waals surface area contributed by atoms with Crippen LogP contribution in [0.5, 0.6) is 0 Å². The van der Waals surface area contributed by atoms with Crippen molar-refractivity contribution in [2.24, 2.45) is 5.73 Å². The maximum atomic E-state index is 6.83. The summed E-state index contributed by atoms with van der Waals surface area (Å²) in [4.78, 5) is 0. The van der Waals surface area contributed by atoms with Gasteiger partial charge in [-0.05, 0) is 0 Å². The fourth-order valence-electron chi connectivity index (χ4n) is 0.353. The van der Waals surface area contributed by atoms with E-state index in [0.29, 0.717) is 0 Å². The molecule has 0 aliphatic heterocycles. The van der Waals surface area contributed by atoms with Crippen LogP contribution in [-0.4, -0.2) is 25.2 Å². The van der Waals surface area contributed by atoms with Crippen molar-refractivity contribution in [1.29, 1.82) is 5.41 Å². The highest BCUT2D eigenvalue weighted by Crippen LogP contribution is 1.63. The Labute approximate surface area is 71.4 Å². The summed E-state index contributed by atoms with van der Waals surface area (Å²) >= 11 is 0. The fraction of sp³-hybridized carbons (Fsp3) is 0.667. The standard InChI is InChI=1S/C3H11N5.HI/c1-6-8(7-2)3(4)5;/h6-7H,1-2H3,(H3,4,5);1H. The molecule has 0 aromatic heterocycles. The van der Waals surface area contributed by atoms with Crippen LogP contribution in [-0.2, 0) is 0 Å². The minimum Gasteiger partial charge on any atom is -0.368 e. The van der Waals surface area contributed by atoms with Gasteiger partial charge in [-0.25, -0.2) is 16.0 Å². The number of nitrogens with zero attached hydrogens (tertiary/aromatic N) is 1. The van der Waals surface area contributed by atoms with E-state index in [-0.39, 0.29) is 29.9 Å². The zero-order valence-corrected chi connectivity index (χ0v) is 7.76. The average molecular weight is 245 g/mol. The minimum atomic E-state index is -0.0602. The molecule has 0 radical (unpaired) electrons. The summed E-state index contributed by atoms with van der Waals surface area (Å²) in [5.74, 6) is -0.0602. The van der Waals surface area contributed by atoms with Gasteiger partial charge < -0.3 is 5.73 Å². The van der Waals surface area contributed by atoms with E-state index < -0.39 is 0 Å². The predicted octanol–water partition coefficient (Wildman–Crippen LogP) is -0.931. The lowest BCUT2D eigenvalue weighted by Crippen LogP contribution is -2.51. The van der Waals surface area contributed by atoms with Gasteiger partial charge in [0, 0.05) is 14.1 Å². The van der Waals surface area contributed by atoms with Gasteiger partial charge in [-0.1, -0.05) is 0 Å². The Morgan fingerprint density at radius 2 is 1.78 bits per heavy atom. The summed E-state index contributed by atoms with van der Waals surface area (Å²) in [6, 6.07) is 0. The number of hydrazine groups is 2. The molecule has 0 rings (SSSR count). The summed E-state index contributed by atoms with van der Waals surface area (Å²) in [5.41, 5.74) is 10.3. The average Bonchev–Trinajstić information content (AvgIpc) is 1.69. The van der Waals surface area contributed by atoms with Crippen LogP contribution >= 0.6 is 24.0 Å². The number of hydrogen-bond acceptors (Lipinski definition) is 3. The molecule has 0 aromatic rings. The van der Waals surface area contributed by atoms with Crippen LogP contribution in [0.15, 0.2) is 0 Å². The van der Waals surface area contributed by atoms with Gasteiger partial charge in [-0.15, -0.1) is 24.0 Å². The molecule has 9 heavy (non-hydrogen) atoms. The van der Waals surface area contributed by atoms with Crippen molar-refractivity contribution in [3.63, 3.8) is 0 Å². The van der Waals surface area contributed by atoms with Crippen molar-refractivity contribution >= 4 is 29.9 Å². The second-order valence-electron chi connectivity index (χ2n) is 1.17. The van der Waals surface area contributed by atoms with Gasteiger partial charge in [0.25, 0.3) is 0 Å². The molecule has 5 N–H and O–H groups in total. The van der Waals surface area contributed by atoms with Crippen LogP contribution in [0, 0.1) is 5.41 Å². The first-order chi connectivity index (χ1) is 3.72. The molecular formula is C3H12IN5. The second-order valence-corrected chi connectivity index (χ2v) is 1.17. The van der Waals surface area contributed by atoms with Crippen LogP contribution in [0.25, 0.3) is 0 Å². The molecule has 0 aromatic carbocycles. The highest BCUT2D eigenvalue weighted by atomic mass is 127. The Morgan fingerprint density at radius 1 is 1.44 bits per heavy atom. The Bertz CT molecular complexity index is 80.3. The minimum absolute atomic E-state index is 0. The molecule has 0 saturated carbocycles. The van der Waals surface area contributed by atoms with Crippen molar-refractivity contribution in [3.8, 4) is 0 Å². The molecule has 0 spiro atoms. The summed E-state index contributed by atoms with van der Waals surface area (Å²) in [6.45, 7) is 0. The molecule has 0 unspecified atom stereocenters. The first-order valence-corrected chi connectivity index (χ1v) is 2.21. The third kappa shape index (κ3) is 4.43. The van der Waals surface area contributed by atoms with Gasteiger partial charge >= 0.3 is 0 Å². The molecular weight excluding hydrogens is 233 g/mol. The van der Waals surface area contributed by atoms with Crippen molar-refractivity contribution in [3.05, 3.63) is 0 Å². The van der Waals surface area contributed by atoms with Gasteiger partial charge in [0.15, 0.2) is 0 Å². The lowest BCUT2D eigenvalue weighted by Gasteiger charge is -2.18. The third-order valence-electron chi connectivity index (χ3n) is 0.688. The quantitative estimate of drug-likeness (QED) is 0.219. The van der Waals surface area contributed by atoms with Gasteiger partial charge in [-0.2, -0.15) is 0 Å². The molecule has 0 amide bonds. The Kier molecular flexibility index (Phi) is 7.85. The zero-order valence-electron chi connectivity index (χ0n) is 5.43. The Balaban J connectivity index is 0. The molecule has 0 aliphatic carbocycles. The number of rotatable bonds is 2. The van der Waals surface area contributed by atoms with Crippen LogP contribution in [0.4, 0.5) is 0 Å².